The van der Waals surface area contributed by atoms with Gasteiger partial charge in [0.05, 0.1) is 5.56 Å². The third kappa shape index (κ3) is 3.42. The van der Waals surface area contributed by atoms with Crippen LogP contribution in [0.15, 0.2) is 35.5 Å². The highest BCUT2D eigenvalue weighted by Crippen LogP contribution is 2.28. The minimum atomic E-state index is 0.621. The molecule has 0 aliphatic carbocycles. The number of ether oxygens (including phenoxy) is 1. The van der Waals surface area contributed by atoms with Crippen molar-refractivity contribution < 1.29 is 4.74 Å². The molecule has 1 heterocycles. The minimum absolute atomic E-state index is 0.621. The van der Waals surface area contributed by atoms with Gasteiger partial charge in [0.1, 0.15) is 17.9 Å². The van der Waals surface area contributed by atoms with E-state index in [2.05, 4.69) is 28.5 Å². The van der Waals surface area contributed by atoms with Crippen LogP contribution in [0.3, 0.4) is 0 Å². The van der Waals surface area contributed by atoms with Crippen LogP contribution >= 0.6 is 11.8 Å². The Kier molecular flexibility index (Phi) is 5.24. The SMILES string of the molecule is CCNc1ncnc(Oc2ccc(SC)cc2)c1CC. The first-order valence-corrected chi connectivity index (χ1v) is 7.90. The fourth-order valence-electron chi connectivity index (χ4n) is 1.88. The van der Waals surface area contributed by atoms with Crippen LogP contribution in [0.25, 0.3) is 0 Å². The van der Waals surface area contributed by atoms with Gasteiger partial charge in [-0.2, -0.15) is 0 Å². The second-order valence-electron chi connectivity index (χ2n) is 4.17. The Hall–Kier alpha value is -1.75. The van der Waals surface area contributed by atoms with Crippen molar-refractivity contribution in [3.8, 4) is 11.6 Å². The van der Waals surface area contributed by atoms with E-state index in [0.717, 1.165) is 30.1 Å². The van der Waals surface area contributed by atoms with Crippen molar-refractivity contribution in [1.82, 2.24) is 9.97 Å². The lowest BCUT2D eigenvalue weighted by Gasteiger charge is -2.12. The molecule has 1 N–H and O–H groups in total. The standard InChI is InChI=1S/C15H19N3OS/c1-4-13-14(16-5-2)17-10-18-15(13)19-11-6-8-12(20-3)9-7-11/h6-10H,4-5H2,1-3H3,(H,16,17,18). The lowest BCUT2D eigenvalue weighted by Crippen LogP contribution is -2.05. The van der Waals surface area contributed by atoms with E-state index >= 15 is 0 Å². The summed E-state index contributed by atoms with van der Waals surface area (Å²) in [5.74, 6) is 2.26. The van der Waals surface area contributed by atoms with E-state index in [9.17, 15) is 0 Å². The number of nitrogens with one attached hydrogen (secondary N) is 1. The van der Waals surface area contributed by atoms with Crippen molar-refractivity contribution in [1.29, 1.82) is 0 Å². The molecule has 1 aromatic heterocycles. The highest BCUT2D eigenvalue weighted by Gasteiger charge is 2.11. The largest absolute Gasteiger partial charge is 0.439 e. The molecule has 0 spiro atoms. The van der Waals surface area contributed by atoms with E-state index in [0.29, 0.717) is 5.88 Å². The highest BCUT2D eigenvalue weighted by molar-refractivity contribution is 7.98. The first-order valence-electron chi connectivity index (χ1n) is 6.68. The van der Waals surface area contributed by atoms with Gasteiger partial charge in [-0.3, -0.25) is 0 Å². The zero-order valence-electron chi connectivity index (χ0n) is 12.0. The summed E-state index contributed by atoms with van der Waals surface area (Å²) in [6, 6.07) is 8.00. The second kappa shape index (κ2) is 7.14. The molecule has 2 aromatic rings. The van der Waals surface area contributed by atoms with Crippen LogP contribution in [0.4, 0.5) is 5.82 Å². The topological polar surface area (TPSA) is 47.0 Å². The molecule has 5 heteroatoms. The molecule has 106 valence electrons. The summed E-state index contributed by atoms with van der Waals surface area (Å²) >= 11 is 1.71. The molecule has 0 atom stereocenters. The van der Waals surface area contributed by atoms with Crippen molar-refractivity contribution in [2.24, 2.45) is 0 Å². The van der Waals surface area contributed by atoms with Gasteiger partial charge in [0.2, 0.25) is 5.88 Å². The molecule has 0 saturated heterocycles. The zero-order chi connectivity index (χ0) is 14.4. The Labute approximate surface area is 124 Å². The molecule has 0 fully saturated rings. The smallest absolute Gasteiger partial charge is 0.227 e. The number of nitrogens with zero attached hydrogens (tertiary/aromatic N) is 2. The Morgan fingerprint density at radius 2 is 1.90 bits per heavy atom. The number of rotatable bonds is 6. The lowest BCUT2D eigenvalue weighted by molar-refractivity contribution is 0.455. The van der Waals surface area contributed by atoms with Crippen molar-refractivity contribution in [3.05, 3.63) is 36.2 Å². The monoisotopic (exact) mass is 289 g/mol. The maximum absolute atomic E-state index is 5.89. The number of aromatic nitrogens is 2. The van der Waals surface area contributed by atoms with Crippen LogP contribution < -0.4 is 10.1 Å². The van der Waals surface area contributed by atoms with Crippen LogP contribution in [-0.4, -0.2) is 22.8 Å². The van der Waals surface area contributed by atoms with Gasteiger partial charge in [0, 0.05) is 11.4 Å². The molecular weight excluding hydrogens is 270 g/mol. The number of hydrogen-bond donors (Lipinski definition) is 1. The Morgan fingerprint density at radius 1 is 1.15 bits per heavy atom. The molecule has 0 unspecified atom stereocenters. The van der Waals surface area contributed by atoms with Gasteiger partial charge in [0.15, 0.2) is 0 Å². The normalized spacial score (nSPS) is 10.3. The maximum Gasteiger partial charge on any atom is 0.227 e. The molecule has 0 radical (unpaired) electrons. The van der Waals surface area contributed by atoms with E-state index in [1.165, 1.54) is 11.2 Å². The van der Waals surface area contributed by atoms with E-state index in [4.69, 9.17) is 4.74 Å². The first kappa shape index (κ1) is 14.7. The van der Waals surface area contributed by atoms with Gasteiger partial charge in [-0.05, 0) is 43.9 Å². The molecule has 0 bridgehead atoms. The van der Waals surface area contributed by atoms with Crippen molar-refractivity contribution >= 4 is 17.6 Å². The van der Waals surface area contributed by atoms with Crippen LogP contribution in [0, 0.1) is 0 Å². The molecule has 0 saturated carbocycles. The van der Waals surface area contributed by atoms with Gasteiger partial charge >= 0.3 is 0 Å². The van der Waals surface area contributed by atoms with Gasteiger partial charge < -0.3 is 10.1 Å². The average molecular weight is 289 g/mol. The Balaban J connectivity index is 2.25. The summed E-state index contributed by atoms with van der Waals surface area (Å²) in [6.45, 7) is 4.94. The molecule has 1 aromatic carbocycles. The summed E-state index contributed by atoms with van der Waals surface area (Å²) in [5.41, 5.74) is 1.00. The second-order valence-corrected chi connectivity index (χ2v) is 5.05. The third-order valence-corrected chi connectivity index (χ3v) is 3.62. The third-order valence-electron chi connectivity index (χ3n) is 2.88. The van der Waals surface area contributed by atoms with E-state index < -0.39 is 0 Å². The predicted octanol–water partition coefficient (Wildman–Crippen LogP) is 3.99. The molecule has 0 aliphatic heterocycles. The summed E-state index contributed by atoms with van der Waals surface area (Å²) < 4.78 is 5.89. The summed E-state index contributed by atoms with van der Waals surface area (Å²) in [5, 5.41) is 3.24. The summed E-state index contributed by atoms with van der Waals surface area (Å²) in [7, 11) is 0. The van der Waals surface area contributed by atoms with Crippen molar-refractivity contribution in [3.63, 3.8) is 0 Å². The molecule has 2 rings (SSSR count). The minimum Gasteiger partial charge on any atom is -0.439 e. The highest BCUT2D eigenvalue weighted by atomic mass is 32.2. The quantitative estimate of drug-likeness (QED) is 0.815. The summed E-state index contributed by atoms with van der Waals surface area (Å²) in [4.78, 5) is 9.73. The lowest BCUT2D eigenvalue weighted by atomic mass is 10.2. The van der Waals surface area contributed by atoms with Gasteiger partial charge in [-0.25, -0.2) is 9.97 Å². The molecular formula is C15H19N3OS. The molecule has 20 heavy (non-hydrogen) atoms. The fourth-order valence-corrected chi connectivity index (χ4v) is 2.29. The van der Waals surface area contributed by atoms with Crippen LogP contribution in [-0.2, 0) is 6.42 Å². The van der Waals surface area contributed by atoms with Crippen molar-refractivity contribution in [2.45, 2.75) is 25.2 Å². The van der Waals surface area contributed by atoms with Crippen molar-refractivity contribution in [2.75, 3.05) is 18.1 Å². The first-order chi connectivity index (χ1) is 9.78. The van der Waals surface area contributed by atoms with Gasteiger partial charge in [0.25, 0.3) is 0 Å². The molecule has 4 nitrogen and oxygen atoms in total. The predicted molar refractivity (Wildman–Crippen MR) is 83.9 cm³/mol. The molecule has 0 amide bonds. The van der Waals surface area contributed by atoms with E-state index in [-0.39, 0.29) is 0 Å². The summed E-state index contributed by atoms with van der Waals surface area (Å²) in [6.07, 6.45) is 4.41. The maximum atomic E-state index is 5.89. The van der Waals surface area contributed by atoms with E-state index in [1.54, 1.807) is 11.8 Å². The van der Waals surface area contributed by atoms with E-state index in [1.807, 2.05) is 31.2 Å². The van der Waals surface area contributed by atoms with Gasteiger partial charge in [-0.1, -0.05) is 6.92 Å². The number of benzene rings is 1. The zero-order valence-corrected chi connectivity index (χ0v) is 12.8. The fraction of sp³-hybridized carbons (Fsp3) is 0.333. The number of thioether (sulfide) groups is 1. The number of anilines is 1. The number of hydrogen-bond acceptors (Lipinski definition) is 5. The van der Waals surface area contributed by atoms with Crippen LogP contribution in [0.5, 0.6) is 11.6 Å². The Bertz CT molecular complexity index is 558. The van der Waals surface area contributed by atoms with Crippen LogP contribution in [0.1, 0.15) is 19.4 Å². The average Bonchev–Trinajstić information content (AvgIpc) is 2.49. The Morgan fingerprint density at radius 3 is 2.50 bits per heavy atom. The molecule has 0 aliphatic rings. The van der Waals surface area contributed by atoms with Crippen LogP contribution in [0.2, 0.25) is 0 Å². The van der Waals surface area contributed by atoms with Gasteiger partial charge in [-0.15, -0.1) is 11.8 Å².